The van der Waals surface area contributed by atoms with Crippen LogP contribution in [0.4, 0.5) is 0 Å². The van der Waals surface area contributed by atoms with Crippen molar-refractivity contribution in [3.63, 3.8) is 0 Å². The first-order valence-electron chi connectivity index (χ1n) is 5.50. The summed E-state index contributed by atoms with van der Waals surface area (Å²) in [4.78, 5) is 0. The molecule has 83 valence electrons. The van der Waals surface area contributed by atoms with Crippen molar-refractivity contribution in [3.8, 4) is 0 Å². The molecule has 1 N–H and O–H groups in total. The number of hydrogen-bond acceptors (Lipinski definition) is 1. The highest BCUT2D eigenvalue weighted by molar-refractivity contribution is 7.80. The van der Waals surface area contributed by atoms with Gasteiger partial charge in [-0.05, 0) is 28.6 Å². The van der Waals surface area contributed by atoms with Crippen LogP contribution >= 0.6 is 12.2 Å². The van der Waals surface area contributed by atoms with Gasteiger partial charge in [0.1, 0.15) is 0 Å². The summed E-state index contributed by atoms with van der Waals surface area (Å²) in [6.45, 7) is 0. The number of fused-ring (bicyclic) bond motifs is 1. The van der Waals surface area contributed by atoms with E-state index in [1.807, 2.05) is 6.20 Å². The molecular weight excluding hydrogens is 228 g/mol. The molecule has 0 atom stereocenters. The summed E-state index contributed by atoms with van der Waals surface area (Å²) in [7, 11) is 0. The highest BCUT2D eigenvalue weighted by atomic mass is 32.1. The van der Waals surface area contributed by atoms with Crippen molar-refractivity contribution in [1.29, 1.82) is 0 Å². The molecule has 0 spiro atoms. The molecule has 1 aliphatic heterocycles. The second-order valence-electron chi connectivity index (χ2n) is 4.06. The van der Waals surface area contributed by atoms with E-state index in [2.05, 4.69) is 53.1 Å². The number of rotatable bonds is 2. The SMILES string of the molecule is S=C1[N]C(Cc2ccc3ccccc3c2)=CN1. The summed E-state index contributed by atoms with van der Waals surface area (Å²) in [6, 6.07) is 14.8. The van der Waals surface area contributed by atoms with Gasteiger partial charge in [0.2, 0.25) is 0 Å². The van der Waals surface area contributed by atoms with E-state index in [1.165, 1.54) is 16.3 Å². The zero-order chi connectivity index (χ0) is 11.7. The van der Waals surface area contributed by atoms with Gasteiger partial charge in [-0.25, -0.2) is 5.32 Å². The van der Waals surface area contributed by atoms with Gasteiger partial charge < -0.3 is 5.32 Å². The molecule has 2 nitrogen and oxygen atoms in total. The van der Waals surface area contributed by atoms with E-state index in [0.717, 1.165) is 12.1 Å². The molecule has 1 heterocycles. The number of hydrogen-bond donors (Lipinski definition) is 1. The minimum Gasteiger partial charge on any atom is -0.336 e. The van der Waals surface area contributed by atoms with Crippen LogP contribution in [0, 0.1) is 0 Å². The van der Waals surface area contributed by atoms with Gasteiger partial charge in [0.05, 0.1) is 5.70 Å². The Labute approximate surface area is 105 Å². The van der Waals surface area contributed by atoms with Crippen LogP contribution in [0.15, 0.2) is 54.4 Å². The second-order valence-corrected chi connectivity index (χ2v) is 4.44. The van der Waals surface area contributed by atoms with Gasteiger partial charge in [0.15, 0.2) is 5.11 Å². The van der Waals surface area contributed by atoms with E-state index in [-0.39, 0.29) is 0 Å². The van der Waals surface area contributed by atoms with Crippen molar-refractivity contribution in [2.24, 2.45) is 0 Å². The number of benzene rings is 2. The number of nitrogens with zero attached hydrogens (tertiary/aromatic N) is 1. The highest BCUT2D eigenvalue weighted by Crippen LogP contribution is 2.18. The lowest BCUT2D eigenvalue weighted by molar-refractivity contribution is 1.03. The molecule has 0 unspecified atom stereocenters. The van der Waals surface area contributed by atoms with Crippen LogP contribution < -0.4 is 10.6 Å². The van der Waals surface area contributed by atoms with Gasteiger partial charge in [-0.2, -0.15) is 0 Å². The van der Waals surface area contributed by atoms with Crippen molar-refractivity contribution in [2.45, 2.75) is 6.42 Å². The molecule has 1 aliphatic rings. The molecule has 0 aromatic heterocycles. The van der Waals surface area contributed by atoms with Crippen LogP contribution in [0.2, 0.25) is 0 Å². The van der Waals surface area contributed by atoms with Gasteiger partial charge in [0, 0.05) is 12.6 Å². The third kappa shape index (κ3) is 2.15. The summed E-state index contributed by atoms with van der Waals surface area (Å²) in [5, 5.41) is 10.3. The summed E-state index contributed by atoms with van der Waals surface area (Å²) in [6.07, 6.45) is 2.69. The lowest BCUT2D eigenvalue weighted by Gasteiger charge is -2.03. The van der Waals surface area contributed by atoms with Crippen molar-refractivity contribution < 1.29 is 0 Å². The first kappa shape index (κ1) is 10.3. The predicted octanol–water partition coefficient (Wildman–Crippen LogP) is 2.72. The Balaban J connectivity index is 1.88. The van der Waals surface area contributed by atoms with Crippen LogP contribution in [0.3, 0.4) is 0 Å². The molecule has 17 heavy (non-hydrogen) atoms. The Morgan fingerprint density at radius 3 is 2.65 bits per heavy atom. The molecule has 2 aromatic rings. The van der Waals surface area contributed by atoms with Crippen molar-refractivity contribution >= 4 is 28.1 Å². The van der Waals surface area contributed by atoms with E-state index < -0.39 is 0 Å². The van der Waals surface area contributed by atoms with Gasteiger partial charge in [-0.15, -0.1) is 0 Å². The Kier molecular flexibility index (Phi) is 2.53. The Morgan fingerprint density at radius 2 is 1.88 bits per heavy atom. The summed E-state index contributed by atoms with van der Waals surface area (Å²) >= 11 is 4.96. The molecule has 0 amide bonds. The zero-order valence-corrected chi connectivity index (χ0v) is 10.00. The summed E-state index contributed by atoms with van der Waals surface area (Å²) < 4.78 is 0. The molecule has 3 rings (SSSR count). The minimum absolute atomic E-state index is 0.556. The van der Waals surface area contributed by atoms with Crippen LogP contribution in [-0.4, -0.2) is 5.11 Å². The standard InChI is InChI=1S/C14H11N2S/c17-14-15-9-13(16-14)8-10-5-6-11-3-1-2-4-12(11)7-10/h1-7,9H,8H2,(H,15,17). The Bertz CT molecular complexity index is 616. The normalized spacial score (nSPS) is 14.4. The second kappa shape index (κ2) is 4.18. The maximum Gasteiger partial charge on any atom is 0.197 e. The Morgan fingerprint density at radius 1 is 1.06 bits per heavy atom. The monoisotopic (exact) mass is 239 g/mol. The van der Waals surface area contributed by atoms with Crippen LogP contribution in [0.5, 0.6) is 0 Å². The smallest absolute Gasteiger partial charge is 0.197 e. The number of nitrogens with one attached hydrogen (secondary N) is 1. The largest absolute Gasteiger partial charge is 0.336 e. The molecule has 0 aliphatic carbocycles. The fourth-order valence-corrected chi connectivity index (χ4v) is 2.16. The van der Waals surface area contributed by atoms with Gasteiger partial charge in [0.25, 0.3) is 0 Å². The number of allylic oxidation sites excluding steroid dienone is 1. The third-order valence-electron chi connectivity index (χ3n) is 2.81. The van der Waals surface area contributed by atoms with E-state index in [4.69, 9.17) is 12.2 Å². The van der Waals surface area contributed by atoms with Gasteiger partial charge in [-0.1, -0.05) is 42.5 Å². The lowest BCUT2D eigenvalue weighted by Crippen LogP contribution is -2.16. The van der Waals surface area contributed by atoms with E-state index in [0.29, 0.717) is 5.11 Å². The van der Waals surface area contributed by atoms with E-state index in [9.17, 15) is 0 Å². The molecule has 0 fully saturated rings. The quantitative estimate of drug-likeness (QED) is 0.815. The van der Waals surface area contributed by atoms with Gasteiger partial charge >= 0.3 is 0 Å². The highest BCUT2D eigenvalue weighted by Gasteiger charge is 2.10. The molecule has 3 heteroatoms. The number of thiocarbonyl (C=S) groups is 1. The molecule has 0 bridgehead atoms. The van der Waals surface area contributed by atoms with Crippen LogP contribution in [-0.2, 0) is 6.42 Å². The van der Waals surface area contributed by atoms with Crippen LogP contribution in [0.25, 0.3) is 10.8 Å². The Hall–Kier alpha value is -1.87. The van der Waals surface area contributed by atoms with E-state index >= 15 is 0 Å². The third-order valence-corrected chi connectivity index (χ3v) is 3.02. The topological polar surface area (TPSA) is 26.1 Å². The average Bonchev–Trinajstić information content (AvgIpc) is 2.75. The summed E-state index contributed by atoms with van der Waals surface area (Å²) in [5.74, 6) is 0. The molecule has 0 saturated carbocycles. The zero-order valence-electron chi connectivity index (χ0n) is 9.18. The fraction of sp³-hybridized carbons (Fsp3) is 0.0714. The first-order valence-corrected chi connectivity index (χ1v) is 5.91. The van der Waals surface area contributed by atoms with Crippen LogP contribution in [0.1, 0.15) is 5.56 Å². The van der Waals surface area contributed by atoms with Gasteiger partial charge in [-0.3, -0.25) is 0 Å². The van der Waals surface area contributed by atoms with Crippen molar-refractivity contribution in [2.75, 3.05) is 0 Å². The minimum atomic E-state index is 0.556. The predicted molar refractivity (Wildman–Crippen MR) is 73.6 cm³/mol. The first-order chi connectivity index (χ1) is 8.31. The van der Waals surface area contributed by atoms with E-state index in [1.54, 1.807) is 0 Å². The fourth-order valence-electron chi connectivity index (χ4n) is 1.99. The molecular formula is C14H11N2S. The van der Waals surface area contributed by atoms with Crippen molar-refractivity contribution in [1.82, 2.24) is 10.6 Å². The lowest BCUT2D eigenvalue weighted by atomic mass is 10.0. The maximum atomic E-state index is 4.96. The summed E-state index contributed by atoms with van der Waals surface area (Å²) in [5.41, 5.74) is 2.25. The molecule has 0 saturated heterocycles. The van der Waals surface area contributed by atoms with Crippen molar-refractivity contribution in [3.05, 3.63) is 59.9 Å². The maximum absolute atomic E-state index is 4.96. The molecule has 1 radical (unpaired) electrons. The molecule has 2 aromatic carbocycles. The average molecular weight is 239 g/mol.